The zero-order chi connectivity index (χ0) is 8.12. The van der Waals surface area contributed by atoms with E-state index in [1.165, 1.54) is 0 Å². The summed E-state index contributed by atoms with van der Waals surface area (Å²) >= 11 is 0. The smallest absolute Gasteiger partial charge is 0.290 e. The predicted octanol–water partition coefficient (Wildman–Crippen LogP) is -0.900. The molecule has 0 aromatic rings. The van der Waals surface area contributed by atoms with Crippen molar-refractivity contribution in [1.29, 1.82) is 0 Å². The van der Waals surface area contributed by atoms with Crippen LogP contribution in [-0.2, 0) is 36.8 Å². The van der Waals surface area contributed by atoms with Crippen molar-refractivity contribution in [2.45, 2.75) is 0 Å². The molecule has 0 aromatic heterocycles. The number of carbonyl (C=O) groups is 3. The minimum atomic E-state index is -0.250. The van der Waals surface area contributed by atoms with Crippen LogP contribution in [0.1, 0.15) is 0 Å². The standard InChI is InChI=1S/3CH2O2.Au/c3*2-1-3;/h3*1H,(H,2,3);. The molecule has 0 bridgehead atoms. The summed E-state index contributed by atoms with van der Waals surface area (Å²) in [7, 11) is 0. The molecule has 0 fully saturated rings. The van der Waals surface area contributed by atoms with Gasteiger partial charge in [0.2, 0.25) is 0 Å². The Bertz CT molecular complexity index is 49.7. The normalized spacial score (nSPS) is 3.60. The molecule has 0 spiro atoms. The van der Waals surface area contributed by atoms with E-state index in [-0.39, 0.29) is 41.8 Å². The van der Waals surface area contributed by atoms with Crippen molar-refractivity contribution in [3.05, 3.63) is 0 Å². The van der Waals surface area contributed by atoms with Gasteiger partial charge in [0.15, 0.2) is 0 Å². The van der Waals surface area contributed by atoms with Crippen LogP contribution in [-0.4, -0.2) is 34.7 Å². The van der Waals surface area contributed by atoms with E-state index in [2.05, 4.69) is 0 Å². The van der Waals surface area contributed by atoms with Gasteiger partial charge in [0.25, 0.3) is 19.4 Å². The summed E-state index contributed by atoms with van der Waals surface area (Å²) in [5.74, 6) is 0. The largest absolute Gasteiger partial charge is 0.483 e. The summed E-state index contributed by atoms with van der Waals surface area (Å²) < 4.78 is 0. The van der Waals surface area contributed by atoms with Gasteiger partial charge in [-0.15, -0.1) is 0 Å². The summed E-state index contributed by atoms with van der Waals surface area (Å²) in [6, 6.07) is 0. The van der Waals surface area contributed by atoms with Crippen LogP contribution in [0.5, 0.6) is 0 Å². The topological polar surface area (TPSA) is 112 Å². The van der Waals surface area contributed by atoms with Crippen molar-refractivity contribution in [3.63, 3.8) is 0 Å². The van der Waals surface area contributed by atoms with Gasteiger partial charge >= 0.3 is 0 Å². The molecule has 0 heterocycles. The van der Waals surface area contributed by atoms with Gasteiger partial charge in [-0.25, -0.2) is 0 Å². The molecule has 0 atom stereocenters. The van der Waals surface area contributed by atoms with Crippen molar-refractivity contribution >= 4 is 19.4 Å². The van der Waals surface area contributed by atoms with Gasteiger partial charge in [-0.1, -0.05) is 0 Å². The van der Waals surface area contributed by atoms with E-state index in [4.69, 9.17) is 29.7 Å². The maximum Gasteiger partial charge on any atom is 0.290 e. The van der Waals surface area contributed by atoms with E-state index in [1.807, 2.05) is 0 Å². The quantitative estimate of drug-likeness (QED) is 0.391. The third kappa shape index (κ3) is 375. The van der Waals surface area contributed by atoms with E-state index >= 15 is 0 Å². The van der Waals surface area contributed by atoms with Crippen molar-refractivity contribution in [3.8, 4) is 0 Å². The Balaban J connectivity index is -0.0000000257. The first-order chi connectivity index (χ1) is 4.24. The fourth-order valence-corrected chi connectivity index (χ4v) is 0. The third-order valence-electron chi connectivity index (χ3n) is 0. The molecule has 0 saturated carbocycles. The Hall–Kier alpha value is -0.850. The van der Waals surface area contributed by atoms with Crippen LogP contribution in [0.15, 0.2) is 0 Å². The van der Waals surface area contributed by atoms with E-state index in [1.54, 1.807) is 0 Å². The first kappa shape index (κ1) is 22.9. The molecule has 0 aliphatic rings. The third-order valence-corrected chi connectivity index (χ3v) is 0. The maximum atomic E-state index is 8.36. The van der Waals surface area contributed by atoms with E-state index in [0.29, 0.717) is 0 Å². The molecule has 10 heavy (non-hydrogen) atoms. The van der Waals surface area contributed by atoms with E-state index in [0.717, 1.165) is 0 Å². The summed E-state index contributed by atoms with van der Waals surface area (Å²) in [6.07, 6.45) is 0. The van der Waals surface area contributed by atoms with Crippen LogP contribution in [0.25, 0.3) is 0 Å². The van der Waals surface area contributed by atoms with E-state index < -0.39 is 0 Å². The first-order valence-electron chi connectivity index (χ1n) is 1.48. The number of carboxylic acid groups (broad SMARTS) is 3. The van der Waals surface area contributed by atoms with Gasteiger partial charge in [0.1, 0.15) is 0 Å². The van der Waals surface area contributed by atoms with Crippen LogP contribution >= 0.6 is 0 Å². The minimum Gasteiger partial charge on any atom is -0.483 e. The van der Waals surface area contributed by atoms with Crippen LogP contribution < -0.4 is 0 Å². The van der Waals surface area contributed by atoms with Gasteiger partial charge in [0.05, 0.1) is 0 Å². The fraction of sp³-hybridized carbons (Fsp3) is 0. The molecule has 1 radical (unpaired) electrons. The van der Waals surface area contributed by atoms with Crippen LogP contribution in [0.3, 0.4) is 0 Å². The van der Waals surface area contributed by atoms with Crippen LogP contribution in [0.2, 0.25) is 0 Å². The van der Waals surface area contributed by atoms with Gasteiger partial charge in [-0.2, -0.15) is 0 Å². The van der Waals surface area contributed by atoms with Gasteiger partial charge in [-0.3, -0.25) is 14.4 Å². The average Bonchev–Trinajstić information content (AvgIpc) is 1.70. The predicted molar refractivity (Wildman–Crippen MR) is 26.1 cm³/mol. The monoisotopic (exact) mass is 335 g/mol. The molecule has 0 saturated heterocycles. The van der Waals surface area contributed by atoms with Crippen molar-refractivity contribution in [2.75, 3.05) is 0 Å². The van der Waals surface area contributed by atoms with Gasteiger partial charge < -0.3 is 15.3 Å². The fourth-order valence-electron chi connectivity index (χ4n) is 0. The van der Waals surface area contributed by atoms with Crippen LogP contribution in [0, 0.1) is 0 Å². The Morgan fingerprint density at radius 1 is 0.700 bits per heavy atom. The number of rotatable bonds is 0. The summed E-state index contributed by atoms with van der Waals surface area (Å²) in [5.41, 5.74) is 0. The van der Waals surface area contributed by atoms with Crippen LogP contribution in [0.4, 0.5) is 0 Å². The molecule has 0 unspecified atom stereocenters. The molecule has 0 amide bonds. The molecule has 65 valence electrons. The molecule has 6 nitrogen and oxygen atoms in total. The molecule has 0 aromatic carbocycles. The minimum absolute atomic E-state index is 0. The summed E-state index contributed by atoms with van der Waals surface area (Å²) in [4.78, 5) is 25.1. The Labute approximate surface area is 72.0 Å². The molecular formula is C3H6AuO6. The average molecular weight is 335 g/mol. The Morgan fingerprint density at radius 2 is 0.700 bits per heavy atom. The van der Waals surface area contributed by atoms with Gasteiger partial charge in [0, 0.05) is 22.4 Å². The zero-order valence-corrected chi connectivity index (χ0v) is 6.77. The Kier molecular flexibility index (Phi) is 207. The SMILES string of the molecule is O=CO.O=CO.O=CO.[Au]. The molecule has 0 aliphatic heterocycles. The second-order valence-corrected chi connectivity index (χ2v) is 0.316. The summed E-state index contributed by atoms with van der Waals surface area (Å²) in [5, 5.41) is 20.7. The Morgan fingerprint density at radius 3 is 0.700 bits per heavy atom. The molecule has 3 N–H and O–H groups in total. The summed E-state index contributed by atoms with van der Waals surface area (Å²) in [6.45, 7) is -0.750. The van der Waals surface area contributed by atoms with Gasteiger partial charge in [-0.05, 0) is 0 Å². The number of hydrogen-bond donors (Lipinski definition) is 3. The second-order valence-electron chi connectivity index (χ2n) is 0.316. The number of hydrogen-bond acceptors (Lipinski definition) is 3. The van der Waals surface area contributed by atoms with Crippen molar-refractivity contribution in [1.82, 2.24) is 0 Å². The van der Waals surface area contributed by atoms with E-state index in [9.17, 15) is 0 Å². The van der Waals surface area contributed by atoms with Crippen molar-refractivity contribution < 1.29 is 52.1 Å². The molecular weight excluding hydrogens is 329 g/mol. The molecule has 7 heteroatoms. The first-order valence-corrected chi connectivity index (χ1v) is 1.48. The molecule has 0 rings (SSSR count). The zero-order valence-electron chi connectivity index (χ0n) is 4.60. The second kappa shape index (κ2) is 90.1. The molecule has 0 aliphatic carbocycles. The maximum absolute atomic E-state index is 8.36. The van der Waals surface area contributed by atoms with Crippen molar-refractivity contribution in [2.24, 2.45) is 0 Å².